The third-order valence-corrected chi connectivity index (χ3v) is 3.17. The summed E-state index contributed by atoms with van der Waals surface area (Å²) in [4.78, 5) is 0. The largest absolute Gasteiger partial charge is 0.496 e. The van der Waals surface area contributed by atoms with Gasteiger partial charge in [0.25, 0.3) is 0 Å². The fraction of sp³-hybridized carbons (Fsp3) is 0.429. The molecule has 1 aliphatic heterocycles. The smallest absolute Gasteiger partial charge is 0.416 e. The van der Waals surface area contributed by atoms with Crippen LogP contribution in [0.15, 0.2) is 30.0 Å². The van der Waals surface area contributed by atoms with E-state index in [9.17, 15) is 17.6 Å². The molecule has 1 N–H and O–H groups in total. The molecule has 0 spiro atoms. The van der Waals surface area contributed by atoms with Crippen LogP contribution >= 0.6 is 0 Å². The Morgan fingerprint density at radius 1 is 1.30 bits per heavy atom. The number of alkyl halides is 3. The van der Waals surface area contributed by atoms with E-state index in [2.05, 4.69) is 5.32 Å². The highest BCUT2D eigenvalue weighted by Gasteiger charge is 2.36. The number of halogens is 4. The zero-order chi connectivity index (χ0) is 14.8. The second-order valence-electron chi connectivity index (χ2n) is 4.55. The normalized spacial score (nSPS) is 17.4. The molecule has 0 fully saturated rings. The van der Waals surface area contributed by atoms with Gasteiger partial charge in [-0.2, -0.15) is 13.2 Å². The molecule has 0 amide bonds. The predicted molar refractivity (Wildman–Crippen MR) is 66.5 cm³/mol. The van der Waals surface area contributed by atoms with Crippen molar-refractivity contribution in [2.45, 2.75) is 25.1 Å². The summed E-state index contributed by atoms with van der Waals surface area (Å²) in [6.07, 6.45) is -1.22. The molecule has 2 rings (SSSR count). The summed E-state index contributed by atoms with van der Waals surface area (Å²) < 4.78 is 57.8. The van der Waals surface area contributed by atoms with Gasteiger partial charge in [0.15, 0.2) is 0 Å². The van der Waals surface area contributed by atoms with Crippen LogP contribution in [0.3, 0.4) is 0 Å². The van der Waals surface area contributed by atoms with Gasteiger partial charge in [-0.3, -0.25) is 0 Å². The van der Waals surface area contributed by atoms with Crippen molar-refractivity contribution in [3.63, 3.8) is 0 Å². The standard InChI is InChI=1S/C14H15F4NO/c1-19-13(12-4-2-3-7-20-12)10-8-9(15)5-6-11(10)14(16,17)18/h4-6,8,13,19H,2-3,7H2,1H3. The minimum absolute atomic E-state index is 0.159. The Kier molecular flexibility index (Phi) is 4.32. The number of nitrogens with one attached hydrogen (secondary N) is 1. The molecule has 0 aliphatic carbocycles. The molecule has 0 saturated carbocycles. The zero-order valence-electron chi connectivity index (χ0n) is 10.9. The summed E-state index contributed by atoms with van der Waals surface area (Å²) >= 11 is 0. The topological polar surface area (TPSA) is 21.3 Å². The molecule has 1 aromatic rings. The average molecular weight is 289 g/mol. The maximum Gasteiger partial charge on any atom is 0.416 e. The Bertz CT molecular complexity index is 510. The highest BCUT2D eigenvalue weighted by atomic mass is 19.4. The van der Waals surface area contributed by atoms with Gasteiger partial charge in [-0.1, -0.05) is 0 Å². The third-order valence-electron chi connectivity index (χ3n) is 3.17. The van der Waals surface area contributed by atoms with Crippen molar-refractivity contribution in [2.24, 2.45) is 0 Å². The first kappa shape index (κ1) is 14.8. The second kappa shape index (κ2) is 5.83. The van der Waals surface area contributed by atoms with E-state index in [1.54, 1.807) is 6.08 Å². The first-order chi connectivity index (χ1) is 9.43. The number of hydrogen-bond acceptors (Lipinski definition) is 2. The molecule has 1 heterocycles. The minimum Gasteiger partial charge on any atom is -0.496 e. The van der Waals surface area contributed by atoms with Gasteiger partial charge >= 0.3 is 6.18 Å². The quantitative estimate of drug-likeness (QED) is 0.855. The first-order valence-electron chi connectivity index (χ1n) is 6.30. The fourth-order valence-electron chi connectivity index (χ4n) is 2.26. The average Bonchev–Trinajstić information content (AvgIpc) is 2.39. The van der Waals surface area contributed by atoms with Crippen LogP contribution in [0.4, 0.5) is 17.6 Å². The Morgan fingerprint density at radius 3 is 2.60 bits per heavy atom. The van der Waals surface area contributed by atoms with Gasteiger partial charge in [-0.15, -0.1) is 0 Å². The number of ether oxygens (including phenoxy) is 1. The van der Waals surface area contributed by atoms with Gasteiger partial charge in [0.2, 0.25) is 0 Å². The lowest BCUT2D eigenvalue weighted by molar-refractivity contribution is -0.138. The van der Waals surface area contributed by atoms with Crippen molar-refractivity contribution in [3.05, 3.63) is 47.0 Å². The summed E-state index contributed by atoms with van der Waals surface area (Å²) in [5.74, 6) is -0.292. The van der Waals surface area contributed by atoms with E-state index in [0.29, 0.717) is 12.4 Å². The van der Waals surface area contributed by atoms with Crippen LogP contribution in [0.5, 0.6) is 0 Å². The maximum atomic E-state index is 13.3. The molecule has 1 atom stereocenters. The molecule has 110 valence electrons. The summed E-state index contributed by atoms with van der Waals surface area (Å²) in [5, 5.41) is 2.77. The van der Waals surface area contributed by atoms with Crippen molar-refractivity contribution in [1.82, 2.24) is 5.32 Å². The van der Waals surface area contributed by atoms with Crippen LogP contribution in [0, 0.1) is 5.82 Å². The fourth-order valence-corrected chi connectivity index (χ4v) is 2.26. The monoisotopic (exact) mass is 289 g/mol. The summed E-state index contributed by atoms with van der Waals surface area (Å²) in [6.45, 7) is 0.459. The van der Waals surface area contributed by atoms with Crippen LogP contribution in [0.2, 0.25) is 0 Å². The van der Waals surface area contributed by atoms with Crippen molar-refractivity contribution < 1.29 is 22.3 Å². The Morgan fingerprint density at radius 2 is 2.05 bits per heavy atom. The first-order valence-corrected chi connectivity index (χ1v) is 6.30. The van der Waals surface area contributed by atoms with Gasteiger partial charge < -0.3 is 10.1 Å². The molecule has 6 heteroatoms. The van der Waals surface area contributed by atoms with Crippen LogP contribution in [0.1, 0.15) is 30.0 Å². The minimum atomic E-state index is -4.53. The number of allylic oxidation sites excluding steroid dienone is 1. The molecule has 0 radical (unpaired) electrons. The van der Waals surface area contributed by atoms with E-state index < -0.39 is 23.6 Å². The third kappa shape index (κ3) is 3.12. The number of benzene rings is 1. The molecular formula is C14H15F4NO. The second-order valence-corrected chi connectivity index (χ2v) is 4.55. The Hall–Kier alpha value is -1.56. The molecule has 1 aromatic carbocycles. The highest BCUT2D eigenvalue weighted by Crippen LogP contribution is 2.37. The molecule has 0 saturated heterocycles. The summed E-state index contributed by atoms with van der Waals surface area (Å²) in [6, 6.07) is 1.68. The maximum absolute atomic E-state index is 13.3. The molecular weight excluding hydrogens is 274 g/mol. The van der Waals surface area contributed by atoms with Crippen LogP contribution in [-0.4, -0.2) is 13.7 Å². The van der Waals surface area contributed by atoms with E-state index in [-0.39, 0.29) is 5.56 Å². The number of hydrogen-bond donors (Lipinski definition) is 1. The van der Waals surface area contributed by atoms with Crippen molar-refractivity contribution in [2.75, 3.05) is 13.7 Å². The van der Waals surface area contributed by atoms with E-state index >= 15 is 0 Å². The van der Waals surface area contributed by atoms with Gasteiger partial charge in [-0.25, -0.2) is 4.39 Å². The van der Waals surface area contributed by atoms with Gasteiger partial charge in [0.1, 0.15) is 11.6 Å². The van der Waals surface area contributed by atoms with Crippen LogP contribution < -0.4 is 5.32 Å². The zero-order valence-corrected chi connectivity index (χ0v) is 10.9. The predicted octanol–water partition coefficient (Wildman–Crippen LogP) is 3.80. The lowest BCUT2D eigenvalue weighted by Crippen LogP contribution is -2.25. The lowest BCUT2D eigenvalue weighted by Gasteiger charge is -2.26. The van der Waals surface area contributed by atoms with Gasteiger partial charge in [-0.05, 0) is 49.7 Å². The van der Waals surface area contributed by atoms with Crippen LogP contribution in [-0.2, 0) is 10.9 Å². The number of likely N-dealkylation sites (N-methyl/N-ethyl adjacent to an activating group) is 1. The molecule has 0 aromatic heterocycles. The van der Waals surface area contributed by atoms with E-state index in [0.717, 1.165) is 31.0 Å². The van der Waals surface area contributed by atoms with E-state index in [4.69, 9.17) is 4.74 Å². The Balaban J connectivity index is 2.48. The molecule has 2 nitrogen and oxygen atoms in total. The SMILES string of the molecule is CNC(C1=CCCCO1)c1cc(F)ccc1C(F)(F)F. The van der Waals surface area contributed by atoms with Gasteiger partial charge in [0.05, 0.1) is 18.2 Å². The molecule has 1 unspecified atom stereocenters. The van der Waals surface area contributed by atoms with Crippen molar-refractivity contribution in [3.8, 4) is 0 Å². The molecule has 1 aliphatic rings. The highest BCUT2D eigenvalue weighted by molar-refractivity contribution is 5.37. The Labute approximate surface area is 114 Å². The lowest BCUT2D eigenvalue weighted by atomic mass is 9.97. The van der Waals surface area contributed by atoms with E-state index in [1.165, 1.54) is 7.05 Å². The summed E-state index contributed by atoms with van der Waals surface area (Å²) in [5.41, 5.74) is -1.01. The van der Waals surface area contributed by atoms with Crippen molar-refractivity contribution in [1.29, 1.82) is 0 Å². The molecule has 20 heavy (non-hydrogen) atoms. The van der Waals surface area contributed by atoms with E-state index in [1.807, 2.05) is 0 Å². The number of rotatable bonds is 3. The van der Waals surface area contributed by atoms with Crippen molar-refractivity contribution >= 4 is 0 Å². The van der Waals surface area contributed by atoms with Crippen LogP contribution in [0.25, 0.3) is 0 Å². The van der Waals surface area contributed by atoms with Gasteiger partial charge in [0, 0.05) is 0 Å². The molecule has 0 bridgehead atoms. The summed E-state index contributed by atoms with van der Waals surface area (Å²) in [7, 11) is 1.52.